The lowest BCUT2D eigenvalue weighted by Gasteiger charge is -2.33. The van der Waals surface area contributed by atoms with E-state index in [1.165, 1.54) is 54.9 Å². The van der Waals surface area contributed by atoms with Crippen molar-refractivity contribution in [1.29, 1.82) is 0 Å². The largest absolute Gasteiger partial charge is 0.370 e. The standard InChI is InChI=1S/C21H19ClN2O3.C20H19N3O2.C19H16BrN3O2.C19H16ClN3O2.C19H16FN3O2.C17H19ClN2O2/c1-14-6-8-15(9-7-14)20-17(12-23-27-20)21(25)24-10-11-26-19(13-24)16-4-2-3-5-18(16)22;1-14-4-6-16(7-5-14)19-17(13-22-25-19)20(24)23-12-2-3-18(23)15-8-10-21-11-9-15;20-16-3-1-14(2-4-16)18-17(11-22-25-18)19(24)23-10-7-15(12-23)13-5-8-21-9-6-13;20-15-6-1-4-13(10-15)18-16(12-22-25-18)19(24)23-9-3-7-17(23)14-5-2-8-21-11-14;20-15-6-4-13(5-7-15)18-16(11-22-25-18)19(24)23-10-8-14(12-23)17-3-1-2-9-21-17;1-11(2)15-4-3-9-20(15)17(21)14-10-19-22-16(14)12-5-7-13(18)8-6-12/h2-9,12,19H,10-11,13H2,1H3;4-11,13,18H,2-3,12H2,1H3;1-6,8-9,11,15H,7,10,12H2;1-2,4-6,8,10-12,17H,3,7,9H2;1-7,9,11,14H,8,10,12H2;5-8,10-11,15H,3-4,9H2,1-2H3. The second kappa shape index (κ2) is 48.9. The molecule has 0 N–H and O–H groups in total. The molecule has 23 rings (SSSR count). The second-order valence-corrected chi connectivity index (χ2v) is 39.3. The summed E-state index contributed by atoms with van der Waals surface area (Å²) in [5, 5.41) is 24.9. The van der Waals surface area contributed by atoms with E-state index in [2.05, 4.69) is 80.7 Å². The zero-order valence-corrected chi connectivity index (χ0v) is 85.8. The number of carbonyl (C=O) groups excluding carboxylic acids is 6. The van der Waals surface area contributed by atoms with Crippen molar-refractivity contribution in [2.24, 2.45) is 5.92 Å². The number of benzene rings is 7. The van der Waals surface area contributed by atoms with E-state index in [0.29, 0.717) is 152 Å². The van der Waals surface area contributed by atoms with Gasteiger partial charge < -0.3 is 61.3 Å². The van der Waals surface area contributed by atoms with Gasteiger partial charge in [0.25, 0.3) is 35.4 Å². The van der Waals surface area contributed by atoms with Crippen molar-refractivity contribution < 1.29 is 65.0 Å². The van der Waals surface area contributed by atoms with Gasteiger partial charge in [0, 0.05) is 178 Å². The minimum Gasteiger partial charge on any atom is -0.370 e. The topological polar surface area (TPSA) is 339 Å². The van der Waals surface area contributed by atoms with Gasteiger partial charge in [0.1, 0.15) is 45.3 Å². The molecule has 0 aliphatic carbocycles. The maximum Gasteiger partial charge on any atom is 0.259 e. The Morgan fingerprint density at radius 1 is 0.362 bits per heavy atom. The number of morpholine rings is 1. The van der Waals surface area contributed by atoms with Gasteiger partial charge >= 0.3 is 0 Å². The molecule has 16 heterocycles. The number of hydrogen-bond donors (Lipinski definition) is 0. The number of halogens is 5. The van der Waals surface area contributed by atoms with E-state index >= 15 is 0 Å². The van der Waals surface area contributed by atoms with Crippen LogP contribution in [0.25, 0.3) is 67.9 Å². The van der Waals surface area contributed by atoms with Crippen LogP contribution in [-0.2, 0) is 4.74 Å². The molecule has 149 heavy (non-hydrogen) atoms. The van der Waals surface area contributed by atoms with Crippen LogP contribution >= 0.6 is 50.7 Å². The molecule has 6 atom stereocenters. The molecule has 6 saturated heterocycles. The average Bonchev–Trinajstić information content (AvgIpc) is 1.63. The van der Waals surface area contributed by atoms with Crippen LogP contribution in [0.3, 0.4) is 0 Å². The van der Waals surface area contributed by atoms with Crippen molar-refractivity contribution in [3.8, 4) is 67.9 Å². The summed E-state index contributed by atoms with van der Waals surface area (Å²) in [6.45, 7) is 14.7. The molecule has 6 fully saturated rings. The Morgan fingerprint density at radius 3 is 1.28 bits per heavy atom. The number of carbonyl (C=O) groups is 6. The van der Waals surface area contributed by atoms with E-state index in [4.69, 9.17) is 66.7 Å². The van der Waals surface area contributed by atoms with Gasteiger partial charge in [0.15, 0.2) is 34.6 Å². The molecule has 29 nitrogen and oxygen atoms in total. The lowest BCUT2D eigenvalue weighted by molar-refractivity contribution is -0.0227. The van der Waals surface area contributed by atoms with E-state index < -0.39 is 0 Å². The van der Waals surface area contributed by atoms with Crippen LogP contribution in [0.2, 0.25) is 15.1 Å². The lowest BCUT2D eigenvalue weighted by Crippen LogP contribution is -2.42. The molecule has 0 saturated carbocycles. The molecule has 10 aromatic heterocycles. The number of nitrogens with zero attached hydrogens (tertiary/aromatic N) is 16. The van der Waals surface area contributed by atoms with E-state index in [1.54, 1.807) is 83.4 Å². The summed E-state index contributed by atoms with van der Waals surface area (Å²) in [6, 6.07) is 69.3. The van der Waals surface area contributed by atoms with Gasteiger partial charge in [0.2, 0.25) is 0 Å². The number of hydrogen-bond acceptors (Lipinski definition) is 23. The van der Waals surface area contributed by atoms with Gasteiger partial charge in [-0.2, -0.15) is 0 Å². The normalized spacial score (nSPS) is 17.2. The van der Waals surface area contributed by atoms with Crippen molar-refractivity contribution in [2.45, 2.75) is 115 Å². The average molecular weight is 2120 g/mol. The van der Waals surface area contributed by atoms with Crippen LogP contribution in [-0.4, -0.2) is 187 Å². The summed E-state index contributed by atoms with van der Waals surface area (Å²) < 4.78 is 52.0. The molecular weight excluding hydrogens is 2020 g/mol. The highest BCUT2D eigenvalue weighted by molar-refractivity contribution is 9.10. The summed E-state index contributed by atoms with van der Waals surface area (Å²) in [5.41, 5.74) is 15.2. The summed E-state index contributed by atoms with van der Waals surface area (Å²) in [5.74, 6) is 3.17. The second-order valence-electron chi connectivity index (χ2n) is 37.1. The van der Waals surface area contributed by atoms with Gasteiger partial charge in [0.05, 0.1) is 62.4 Å². The molecule has 7 aromatic carbocycles. The molecule has 0 bridgehead atoms. The van der Waals surface area contributed by atoms with Gasteiger partial charge in [-0.25, -0.2) is 4.39 Å². The van der Waals surface area contributed by atoms with Crippen LogP contribution in [0.4, 0.5) is 4.39 Å². The van der Waals surface area contributed by atoms with Gasteiger partial charge in [-0.1, -0.05) is 198 Å². The molecule has 34 heteroatoms. The molecule has 6 aliphatic rings. The molecule has 0 spiro atoms. The first kappa shape index (κ1) is 103. The highest BCUT2D eigenvalue weighted by atomic mass is 79.9. The van der Waals surface area contributed by atoms with Gasteiger partial charge in [-0.15, -0.1) is 0 Å². The smallest absolute Gasteiger partial charge is 0.259 e. The Kier molecular flexibility index (Phi) is 33.9. The number of aryl methyl sites for hydroxylation is 2. The number of ether oxygens (including phenoxy) is 1. The Balaban J connectivity index is 0.000000117. The first-order valence-corrected chi connectivity index (χ1v) is 51.2. The minimum atomic E-state index is -0.339. The number of amides is 6. The first-order chi connectivity index (χ1) is 72.6. The fourth-order valence-electron chi connectivity index (χ4n) is 19.4. The van der Waals surface area contributed by atoms with E-state index in [9.17, 15) is 33.2 Å². The van der Waals surface area contributed by atoms with E-state index in [0.717, 1.165) is 137 Å². The number of pyridine rings is 4. The summed E-state index contributed by atoms with van der Waals surface area (Å²) in [7, 11) is 0. The first-order valence-electron chi connectivity index (χ1n) is 49.3. The van der Waals surface area contributed by atoms with Crippen molar-refractivity contribution in [3.63, 3.8) is 0 Å². The Hall–Kier alpha value is -15.5. The monoisotopic (exact) mass is 2120 g/mol. The predicted molar refractivity (Wildman–Crippen MR) is 563 cm³/mol. The molecular formula is C115H105BrCl3FN16O13. The maximum absolute atomic E-state index is 13.2. The Labute approximate surface area is 882 Å². The number of likely N-dealkylation sites (tertiary alicyclic amines) is 5. The number of aromatic nitrogens is 10. The SMILES string of the molecule is CC(C)C1CCCN1C(=O)c1cnoc1-c1ccc(Cl)cc1.Cc1ccc(-c2oncc2C(=O)N2CCCC2c2ccncc2)cc1.Cc1ccc(-c2oncc2C(=O)N2CCOC(c3ccccc3Cl)C2)cc1.O=C(c1cnoc1-c1ccc(Br)cc1)N1CCC(c2ccncc2)C1.O=C(c1cnoc1-c1ccc(F)cc1)N1CCC(c2ccccn2)C1.O=C(c1cnoc1-c1cccc(Cl)c1)N1CCCC1c1cccnc1. The highest BCUT2D eigenvalue weighted by Crippen LogP contribution is 2.42. The molecule has 0 radical (unpaired) electrons. The van der Waals surface area contributed by atoms with Gasteiger partial charge in [-0.05, 0) is 221 Å². The third-order valence-electron chi connectivity index (χ3n) is 27.2. The third-order valence-corrected chi connectivity index (χ3v) is 28.6. The quantitative estimate of drug-likeness (QED) is 0.0770. The van der Waals surface area contributed by atoms with Crippen LogP contribution in [0.1, 0.15) is 196 Å². The summed E-state index contributed by atoms with van der Waals surface area (Å²) >= 11 is 21.7. The fraction of sp³-hybridized carbons (Fsp3) is 0.252. The van der Waals surface area contributed by atoms with Crippen LogP contribution in [0, 0.1) is 25.6 Å². The zero-order chi connectivity index (χ0) is 103. The van der Waals surface area contributed by atoms with E-state index in [-0.39, 0.29) is 65.4 Å². The number of rotatable bonds is 18. The van der Waals surface area contributed by atoms with Gasteiger partial charge in [-0.3, -0.25) is 48.7 Å². The van der Waals surface area contributed by atoms with E-state index in [1.807, 2.05) is 216 Å². The highest BCUT2D eigenvalue weighted by Gasteiger charge is 2.40. The molecule has 6 unspecified atom stereocenters. The van der Waals surface area contributed by atoms with Crippen LogP contribution < -0.4 is 0 Å². The Bertz CT molecular complexity index is 7240. The summed E-state index contributed by atoms with van der Waals surface area (Å²) in [6.07, 6.45) is 28.9. The molecule has 6 aliphatic heterocycles. The van der Waals surface area contributed by atoms with Crippen molar-refractivity contribution in [1.82, 2.24) is 80.3 Å². The van der Waals surface area contributed by atoms with Crippen molar-refractivity contribution in [3.05, 3.63) is 403 Å². The van der Waals surface area contributed by atoms with Crippen LogP contribution in [0.15, 0.2) is 337 Å². The van der Waals surface area contributed by atoms with Crippen molar-refractivity contribution in [2.75, 3.05) is 65.5 Å². The molecule has 17 aromatic rings. The minimum absolute atomic E-state index is 0.00222. The fourth-order valence-corrected chi connectivity index (χ4v) is 20.3. The third kappa shape index (κ3) is 24.8. The predicted octanol–water partition coefficient (Wildman–Crippen LogP) is 24.8. The lowest BCUT2D eigenvalue weighted by atomic mass is 10.00. The van der Waals surface area contributed by atoms with Crippen LogP contribution in [0.5, 0.6) is 0 Å². The zero-order valence-electron chi connectivity index (χ0n) is 82.0. The van der Waals surface area contributed by atoms with Crippen molar-refractivity contribution >= 4 is 86.2 Å². The Morgan fingerprint density at radius 2 is 0.792 bits per heavy atom. The molecule has 6 amide bonds. The maximum atomic E-state index is 13.2. The molecule has 758 valence electrons. The summed E-state index contributed by atoms with van der Waals surface area (Å²) in [4.78, 5) is 106.